The molecule has 3 aromatic rings. The molecule has 3 aromatic carbocycles. The fourth-order valence-corrected chi connectivity index (χ4v) is 3.74. The number of piperazine rings is 1. The number of amides is 2. The van der Waals surface area contributed by atoms with Gasteiger partial charge in [-0.1, -0.05) is 66.7 Å². The van der Waals surface area contributed by atoms with E-state index in [4.69, 9.17) is 0 Å². The second-order valence-electron chi connectivity index (χ2n) is 7.19. The summed E-state index contributed by atoms with van der Waals surface area (Å²) in [7, 11) is 0. The van der Waals surface area contributed by atoms with E-state index in [2.05, 4.69) is 30.3 Å². The number of carbonyl (C=O) groups excluding carboxylic acids is 1. The predicted octanol–water partition coefficient (Wildman–Crippen LogP) is 3.35. The van der Waals surface area contributed by atoms with Crippen molar-refractivity contribution in [1.29, 1.82) is 0 Å². The largest absolute Gasteiger partial charge is 0.329 e. The first kappa shape index (κ1) is 18.3. The first-order chi connectivity index (χ1) is 13.8. The van der Waals surface area contributed by atoms with Crippen LogP contribution in [0.5, 0.6) is 0 Å². The molecule has 0 spiro atoms. The van der Waals surface area contributed by atoms with Crippen LogP contribution >= 0.6 is 0 Å². The smallest absolute Gasteiger partial charge is 0.328 e. The number of nitrogens with one attached hydrogen (secondary N) is 1. The SMILES string of the molecule is O=C(N1CC[NH+](Cc2ccccc2)CC1)N(c1ccccc1)c1ccccc1. The molecule has 0 saturated carbocycles. The summed E-state index contributed by atoms with van der Waals surface area (Å²) < 4.78 is 0. The van der Waals surface area contributed by atoms with Gasteiger partial charge in [0.2, 0.25) is 0 Å². The molecule has 0 aromatic heterocycles. The first-order valence-electron chi connectivity index (χ1n) is 9.88. The third-order valence-electron chi connectivity index (χ3n) is 5.26. The summed E-state index contributed by atoms with van der Waals surface area (Å²) in [5.41, 5.74) is 3.16. The lowest BCUT2D eigenvalue weighted by Gasteiger charge is -2.35. The Hall–Kier alpha value is -3.11. The lowest BCUT2D eigenvalue weighted by atomic mass is 10.2. The number of anilines is 2. The fraction of sp³-hybridized carbons (Fsp3) is 0.208. The summed E-state index contributed by atoms with van der Waals surface area (Å²) >= 11 is 0. The monoisotopic (exact) mass is 372 g/mol. The molecular formula is C24H26N3O+. The second kappa shape index (κ2) is 8.72. The Morgan fingerprint density at radius 1 is 0.750 bits per heavy atom. The number of carbonyl (C=O) groups is 1. The summed E-state index contributed by atoms with van der Waals surface area (Å²) in [6, 6.07) is 30.4. The molecular weight excluding hydrogens is 346 g/mol. The maximum Gasteiger partial charge on any atom is 0.329 e. The molecule has 1 aliphatic rings. The third kappa shape index (κ3) is 4.24. The highest BCUT2D eigenvalue weighted by atomic mass is 16.2. The lowest BCUT2D eigenvalue weighted by Crippen LogP contribution is -3.13. The molecule has 4 rings (SSSR count). The van der Waals surface area contributed by atoms with Crippen molar-refractivity contribution >= 4 is 17.4 Å². The van der Waals surface area contributed by atoms with Crippen molar-refractivity contribution in [3.63, 3.8) is 0 Å². The molecule has 1 fully saturated rings. The number of benzene rings is 3. The molecule has 28 heavy (non-hydrogen) atoms. The molecule has 0 atom stereocenters. The Labute approximate surface area is 166 Å². The van der Waals surface area contributed by atoms with Gasteiger partial charge in [0.1, 0.15) is 6.54 Å². The molecule has 0 radical (unpaired) electrons. The molecule has 4 nitrogen and oxygen atoms in total. The Morgan fingerprint density at radius 3 is 1.71 bits per heavy atom. The van der Waals surface area contributed by atoms with Crippen molar-refractivity contribution in [2.75, 3.05) is 31.1 Å². The van der Waals surface area contributed by atoms with Crippen LogP contribution in [0.15, 0.2) is 91.0 Å². The number of nitrogens with zero attached hydrogens (tertiary/aromatic N) is 2. The first-order valence-corrected chi connectivity index (χ1v) is 9.88. The van der Waals surface area contributed by atoms with Crippen LogP contribution in [-0.4, -0.2) is 37.1 Å². The van der Waals surface area contributed by atoms with Gasteiger partial charge in [-0.05, 0) is 24.3 Å². The van der Waals surface area contributed by atoms with Crippen LogP contribution in [0.2, 0.25) is 0 Å². The van der Waals surface area contributed by atoms with E-state index in [-0.39, 0.29) is 6.03 Å². The summed E-state index contributed by atoms with van der Waals surface area (Å²) in [6.45, 7) is 4.51. The van der Waals surface area contributed by atoms with Gasteiger partial charge < -0.3 is 9.80 Å². The van der Waals surface area contributed by atoms with Crippen molar-refractivity contribution < 1.29 is 9.69 Å². The van der Waals surface area contributed by atoms with E-state index in [0.29, 0.717) is 0 Å². The van der Waals surface area contributed by atoms with Crippen LogP contribution in [0, 0.1) is 0 Å². The quantitative estimate of drug-likeness (QED) is 0.747. The standard InChI is InChI=1S/C24H25N3O/c28-24(26-18-16-25(17-19-26)20-21-10-4-1-5-11-21)27(22-12-6-2-7-13-22)23-14-8-3-9-15-23/h1-15H,16-20H2/p+1. The summed E-state index contributed by atoms with van der Waals surface area (Å²) in [4.78, 5) is 18.7. The fourth-order valence-electron chi connectivity index (χ4n) is 3.74. The molecule has 0 bridgehead atoms. The average molecular weight is 372 g/mol. The van der Waals surface area contributed by atoms with E-state index in [1.165, 1.54) is 10.5 Å². The second-order valence-corrected chi connectivity index (χ2v) is 7.19. The molecule has 1 N–H and O–H groups in total. The van der Waals surface area contributed by atoms with Crippen molar-refractivity contribution in [3.8, 4) is 0 Å². The van der Waals surface area contributed by atoms with E-state index in [9.17, 15) is 4.79 Å². The Balaban J connectivity index is 1.46. The molecule has 2 amide bonds. The molecule has 0 unspecified atom stereocenters. The van der Waals surface area contributed by atoms with Crippen LogP contribution in [0.25, 0.3) is 0 Å². The van der Waals surface area contributed by atoms with Gasteiger partial charge in [-0.25, -0.2) is 4.79 Å². The van der Waals surface area contributed by atoms with Crippen molar-refractivity contribution in [3.05, 3.63) is 96.6 Å². The third-order valence-corrected chi connectivity index (χ3v) is 5.26. The number of para-hydroxylation sites is 2. The van der Waals surface area contributed by atoms with E-state index in [1.807, 2.05) is 70.5 Å². The topological polar surface area (TPSA) is 28.0 Å². The lowest BCUT2D eigenvalue weighted by molar-refractivity contribution is -0.917. The summed E-state index contributed by atoms with van der Waals surface area (Å²) in [5.74, 6) is 0. The van der Waals surface area contributed by atoms with E-state index in [0.717, 1.165) is 44.1 Å². The highest BCUT2D eigenvalue weighted by Crippen LogP contribution is 2.26. The summed E-state index contributed by atoms with van der Waals surface area (Å²) in [6.07, 6.45) is 0. The minimum absolute atomic E-state index is 0.0520. The maximum atomic E-state index is 13.4. The Morgan fingerprint density at radius 2 is 1.21 bits per heavy atom. The molecule has 1 saturated heterocycles. The van der Waals surface area contributed by atoms with Crippen LogP contribution in [-0.2, 0) is 6.54 Å². The van der Waals surface area contributed by atoms with Gasteiger partial charge in [-0.3, -0.25) is 4.90 Å². The molecule has 4 heteroatoms. The highest BCUT2D eigenvalue weighted by Gasteiger charge is 2.28. The Kier molecular flexibility index (Phi) is 5.69. The van der Waals surface area contributed by atoms with Crippen molar-refractivity contribution in [2.45, 2.75) is 6.54 Å². The zero-order chi connectivity index (χ0) is 19.2. The van der Waals surface area contributed by atoms with E-state index < -0.39 is 0 Å². The molecule has 1 aliphatic heterocycles. The van der Waals surface area contributed by atoms with Gasteiger partial charge >= 0.3 is 6.03 Å². The van der Waals surface area contributed by atoms with Gasteiger partial charge in [0.25, 0.3) is 0 Å². The van der Waals surface area contributed by atoms with Crippen LogP contribution < -0.4 is 9.80 Å². The Bertz CT molecular complexity index is 836. The van der Waals surface area contributed by atoms with E-state index >= 15 is 0 Å². The predicted molar refractivity (Wildman–Crippen MR) is 113 cm³/mol. The van der Waals surface area contributed by atoms with E-state index in [1.54, 1.807) is 0 Å². The maximum absolute atomic E-state index is 13.4. The minimum Gasteiger partial charge on any atom is -0.328 e. The molecule has 0 aliphatic carbocycles. The highest BCUT2D eigenvalue weighted by molar-refractivity contribution is 5.99. The molecule has 142 valence electrons. The van der Waals surface area contributed by atoms with Crippen molar-refractivity contribution in [1.82, 2.24) is 4.90 Å². The van der Waals surface area contributed by atoms with Gasteiger partial charge in [-0.15, -0.1) is 0 Å². The van der Waals surface area contributed by atoms with Gasteiger partial charge in [0, 0.05) is 5.56 Å². The normalized spacial score (nSPS) is 14.6. The van der Waals surface area contributed by atoms with Gasteiger partial charge in [0.05, 0.1) is 37.6 Å². The van der Waals surface area contributed by atoms with Crippen LogP contribution in [0.4, 0.5) is 16.2 Å². The number of hydrogen-bond donors (Lipinski definition) is 1. The zero-order valence-electron chi connectivity index (χ0n) is 16.0. The molecule has 1 heterocycles. The van der Waals surface area contributed by atoms with Crippen LogP contribution in [0.1, 0.15) is 5.56 Å². The number of rotatable bonds is 4. The minimum atomic E-state index is 0.0520. The van der Waals surface area contributed by atoms with Gasteiger partial charge in [-0.2, -0.15) is 0 Å². The number of hydrogen-bond acceptors (Lipinski definition) is 1. The van der Waals surface area contributed by atoms with Crippen LogP contribution in [0.3, 0.4) is 0 Å². The zero-order valence-corrected chi connectivity index (χ0v) is 16.0. The van der Waals surface area contributed by atoms with Crippen molar-refractivity contribution in [2.24, 2.45) is 0 Å². The average Bonchev–Trinajstić information content (AvgIpc) is 2.77. The summed E-state index contributed by atoms with van der Waals surface area (Å²) in [5, 5.41) is 0. The number of urea groups is 1. The number of quaternary nitrogens is 1. The van der Waals surface area contributed by atoms with Gasteiger partial charge in [0.15, 0.2) is 0 Å².